The van der Waals surface area contributed by atoms with Gasteiger partial charge >= 0.3 is 0 Å². The Labute approximate surface area is 157 Å². The van der Waals surface area contributed by atoms with Crippen molar-refractivity contribution in [2.45, 2.75) is 25.6 Å². The number of hydrogen-bond donors (Lipinski definition) is 0. The molecule has 0 N–H and O–H groups in total. The van der Waals surface area contributed by atoms with Gasteiger partial charge in [0.05, 0.1) is 12.7 Å². The van der Waals surface area contributed by atoms with E-state index in [1.165, 1.54) is 0 Å². The number of likely N-dealkylation sites (tertiary alicyclic amines) is 1. The highest BCUT2D eigenvalue weighted by molar-refractivity contribution is 5.94. The Morgan fingerprint density at radius 2 is 2.07 bits per heavy atom. The summed E-state index contributed by atoms with van der Waals surface area (Å²) in [5.74, 6) is 0.0274. The molecule has 1 saturated heterocycles. The van der Waals surface area contributed by atoms with E-state index in [1.54, 1.807) is 23.4 Å². The van der Waals surface area contributed by atoms with Crippen molar-refractivity contribution in [1.82, 2.24) is 24.6 Å². The van der Waals surface area contributed by atoms with Crippen molar-refractivity contribution in [1.29, 1.82) is 0 Å². The minimum Gasteiger partial charge on any atom is -0.372 e. The molecule has 1 fully saturated rings. The van der Waals surface area contributed by atoms with Crippen molar-refractivity contribution in [3.63, 3.8) is 0 Å². The highest BCUT2D eigenvalue weighted by Crippen LogP contribution is 2.19. The number of aromatic nitrogens is 4. The van der Waals surface area contributed by atoms with Gasteiger partial charge in [-0.3, -0.25) is 14.3 Å². The largest absolute Gasteiger partial charge is 0.372 e. The molecule has 4 rings (SSSR count). The first kappa shape index (κ1) is 17.4. The van der Waals surface area contributed by atoms with E-state index in [-0.39, 0.29) is 12.0 Å². The predicted octanol–water partition coefficient (Wildman–Crippen LogP) is 2.48. The summed E-state index contributed by atoms with van der Waals surface area (Å²) < 4.78 is 7.80. The molecule has 27 heavy (non-hydrogen) atoms. The molecule has 1 aliphatic rings. The molecule has 3 heterocycles. The van der Waals surface area contributed by atoms with Gasteiger partial charge in [0, 0.05) is 36.7 Å². The highest BCUT2D eigenvalue weighted by Gasteiger charge is 2.25. The summed E-state index contributed by atoms with van der Waals surface area (Å²) in [4.78, 5) is 18.9. The zero-order chi connectivity index (χ0) is 18.5. The maximum Gasteiger partial charge on any atom is 0.254 e. The SMILES string of the molecule is O=C(c1cccc(-n2cnnc2)c1)N1CCC[C@H](OCc2cccnc2)C1. The average molecular weight is 363 g/mol. The lowest BCUT2D eigenvalue weighted by atomic mass is 10.1. The fourth-order valence-corrected chi connectivity index (χ4v) is 3.27. The van der Waals surface area contributed by atoms with Crippen molar-refractivity contribution < 1.29 is 9.53 Å². The summed E-state index contributed by atoms with van der Waals surface area (Å²) in [6.07, 6.45) is 8.74. The molecule has 2 aromatic heterocycles. The van der Waals surface area contributed by atoms with Crippen molar-refractivity contribution in [3.8, 4) is 5.69 Å². The first-order chi connectivity index (χ1) is 13.3. The lowest BCUT2D eigenvalue weighted by Gasteiger charge is -2.32. The lowest BCUT2D eigenvalue weighted by molar-refractivity contribution is -0.00681. The summed E-state index contributed by atoms with van der Waals surface area (Å²) in [5.41, 5.74) is 2.57. The number of rotatable bonds is 5. The lowest BCUT2D eigenvalue weighted by Crippen LogP contribution is -2.43. The Morgan fingerprint density at radius 1 is 1.19 bits per heavy atom. The van der Waals surface area contributed by atoms with Gasteiger partial charge in [0.2, 0.25) is 0 Å². The van der Waals surface area contributed by atoms with E-state index in [0.717, 1.165) is 30.6 Å². The van der Waals surface area contributed by atoms with Crippen LogP contribution in [0.1, 0.15) is 28.8 Å². The summed E-state index contributed by atoms with van der Waals surface area (Å²) >= 11 is 0. The Hall–Kier alpha value is -3.06. The minimum absolute atomic E-state index is 0.0274. The molecule has 0 aliphatic carbocycles. The smallest absolute Gasteiger partial charge is 0.254 e. The third-order valence-corrected chi connectivity index (χ3v) is 4.68. The van der Waals surface area contributed by atoms with Gasteiger partial charge in [-0.25, -0.2) is 0 Å². The fourth-order valence-electron chi connectivity index (χ4n) is 3.27. The van der Waals surface area contributed by atoms with Gasteiger partial charge in [0.15, 0.2) is 0 Å². The first-order valence-electron chi connectivity index (χ1n) is 9.04. The topological polar surface area (TPSA) is 73.1 Å². The van der Waals surface area contributed by atoms with Gasteiger partial charge in [-0.2, -0.15) is 0 Å². The van der Waals surface area contributed by atoms with Crippen LogP contribution in [0.4, 0.5) is 0 Å². The maximum absolute atomic E-state index is 13.0. The van der Waals surface area contributed by atoms with E-state index in [4.69, 9.17) is 4.74 Å². The monoisotopic (exact) mass is 363 g/mol. The van der Waals surface area contributed by atoms with Crippen molar-refractivity contribution in [3.05, 3.63) is 72.6 Å². The van der Waals surface area contributed by atoms with Crippen molar-refractivity contribution >= 4 is 5.91 Å². The Balaban J connectivity index is 1.40. The fraction of sp³-hybridized carbons (Fsp3) is 0.300. The van der Waals surface area contributed by atoms with Gasteiger partial charge < -0.3 is 9.64 Å². The zero-order valence-corrected chi connectivity index (χ0v) is 14.9. The quantitative estimate of drug-likeness (QED) is 0.696. The Kier molecular flexibility index (Phi) is 5.20. The molecule has 138 valence electrons. The summed E-state index contributed by atoms with van der Waals surface area (Å²) in [5, 5.41) is 7.63. The molecule has 0 unspecified atom stereocenters. The van der Waals surface area contributed by atoms with Crippen LogP contribution < -0.4 is 0 Å². The van der Waals surface area contributed by atoms with Crippen LogP contribution in [0, 0.1) is 0 Å². The third kappa shape index (κ3) is 4.20. The van der Waals surface area contributed by atoms with Crippen LogP contribution in [0.2, 0.25) is 0 Å². The van der Waals surface area contributed by atoms with Crippen LogP contribution in [-0.2, 0) is 11.3 Å². The molecule has 0 bridgehead atoms. The number of piperidine rings is 1. The normalized spacial score (nSPS) is 17.0. The van der Waals surface area contributed by atoms with Crippen LogP contribution in [-0.4, -0.2) is 49.7 Å². The van der Waals surface area contributed by atoms with Gasteiger partial charge in [-0.1, -0.05) is 12.1 Å². The number of amides is 1. The van der Waals surface area contributed by atoms with Gasteiger partial charge in [0.25, 0.3) is 5.91 Å². The third-order valence-electron chi connectivity index (χ3n) is 4.68. The van der Waals surface area contributed by atoms with E-state index in [1.807, 2.05) is 47.5 Å². The van der Waals surface area contributed by atoms with Crippen molar-refractivity contribution in [2.75, 3.05) is 13.1 Å². The van der Waals surface area contributed by atoms with E-state index < -0.39 is 0 Å². The molecule has 0 saturated carbocycles. The van der Waals surface area contributed by atoms with Gasteiger partial charge in [-0.05, 0) is 42.7 Å². The number of pyridine rings is 1. The number of benzene rings is 1. The van der Waals surface area contributed by atoms with Crippen LogP contribution in [0.25, 0.3) is 5.69 Å². The number of nitrogens with zero attached hydrogens (tertiary/aromatic N) is 5. The molecule has 1 aromatic carbocycles. The molecule has 0 spiro atoms. The maximum atomic E-state index is 13.0. The van der Waals surface area contributed by atoms with Crippen LogP contribution in [0.5, 0.6) is 0 Å². The summed E-state index contributed by atoms with van der Waals surface area (Å²) in [6, 6.07) is 11.4. The number of carbonyl (C=O) groups is 1. The van der Waals surface area contributed by atoms with E-state index >= 15 is 0 Å². The zero-order valence-electron chi connectivity index (χ0n) is 14.9. The average Bonchev–Trinajstić information content (AvgIpc) is 3.28. The van der Waals surface area contributed by atoms with Gasteiger partial charge in [0.1, 0.15) is 12.7 Å². The predicted molar refractivity (Wildman–Crippen MR) is 99.3 cm³/mol. The molecule has 7 heteroatoms. The highest BCUT2D eigenvalue weighted by atomic mass is 16.5. The van der Waals surface area contributed by atoms with Gasteiger partial charge in [-0.15, -0.1) is 10.2 Å². The van der Waals surface area contributed by atoms with Crippen LogP contribution in [0.3, 0.4) is 0 Å². The minimum atomic E-state index is 0.0274. The second kappa shape index (κ2) is 8.09. The van der Waals surface area contributed by atoms with E-state index in [0.29, 0.717) is 18.7 Å². The molecule has 1 atom stereocenters. The number of carbonyl (C=O) groups excluding carboxylic acids is 1. The second-order valence-corrected chi connectivity index (χ2v) is 6.61. The summed E-state index contributed by atoms with van der Waals surface area (Å²) in [6.45, 7) is 1.88. The number of ether oxygens (including phenoxy) is 1. The first-order valence-corrected chi connectivity index (χ1v) is 9.04. The molecule has 1 amide bonds. The molecular formula is C20H21N5O2. The molecular weight excluding hydrogens is 342 g/mol. The molecule has 0 radical (unpaired) electrons. The standard InChI is InChI=1S/C20H21N5O2/c26-20(17-5-1-6-18(10-17)25-14-22-23-15-25)24-9-3-7-19(12-24)27-13-16-4-2-8-21-11-16/h1-2,4-6,8,10-11,14-15,19H,3,7,9,12-13H2/t19-/m0/s1. The summed E-state index contributed by atoms with van der Waals surface area (Å²) in [7, 11) is 0. The van der Waals surface area contributed by atoms with Crippen LogP contribution in [0.15, 0.2) is 61.4 Å². The second-order valence-electron chi connectivity index (χ2n) is 6.61. The van der Waals surface area contributed by atoms with Crippen LogP contribution >= 0.6 is 0 Å². The van der Waals surface area contributed by atoms with E-state index in [9.17, 15) is 4.79 Å². The molecule has 3 aromatic rings. The molecule has 1 aliphatic heterocycles. The van der Waals surface area contributed by atoms with Crippen molar-refractivity contribution in [2.24, 2.45) is 0 Å². The number of hydrogen-bond acceptors (Lipinski definition) is 5. The van der Waals surface area contributed by atoms with E-state index in [2.05, 4.69) is 15.2 Å². The Morgan fingerprint density at radius 3 is 2.89 bits per heavy atom. The Bertz CT molecular complexity index is 882. The molecule has 7 nitrogen and oxygen atoms in total.